The van der Waals surface area contributed by atoms with Crippen molar-refractivity contribution in [1.29, 1.82) is 0 Å². The summed E-state index contributed by atoms with van der Waals surface area (Å²) in [5.41, 5.74) is 0.802. The molecule has 0 spiro atoms. The topological polar surface area (TPSA) is 49.8 Å². The molecular formula is C13H17NO3. The van der Waals surface area contributed by atoms with Gasteiger partial charge in [-0.05, 0) is 25.5 Å². The number of ether oxygens (including phenoxy) is 1. The normalized spacial score (nSPS) is 17.1. The van der Waals surface area contributed by atoms with E-state index in [0.29, 0.717) is 26.0 Å². The lowest BCUT2D eigenvalue weighted by molar-refractivity contribution is -0.118. The van der Waals surface area contributed by atoms with E-state index >= 15 is 0 Å². The van der Waals surface area contributed by atoms with Crippen LogP contribution in [-0.4, -0.2) is 30.3 Å². The van der Waals surface area contributed by atoms with Gasteiger partial charge in [-0.1, -0.05) is 12.1 Å². The second kappa shape index (κ2) is 5.19. The zero-order valence-corrected chi connectivity index (χ0v) is 9.93. The zero-order chi connectivity index (χ0) is 12.3. The molecule has 17 heavy (non-hydrogen) atoms. The standard InChI is InChI=1S/C13H17NO3/c1-10(15)6-8-14-11-4-2-3-5-12(11)17-9-7-13(14)16/h2-5,10,15H,6-9H2,1H3. The third kappa shape index (κ3) is 2.77. The molecule has 1 aromatic carbocycles. The van der Waals surface area contributed by atoms with Crippen molar-refractivity contribution in [3.8, 4) is 5.75 Å². The molecule has 0 saturated carbocycles. The molecule has 1 heterocycles. The van der Waals surface area contributed by atoms with Crippen molar-refractivity contribution in [3.63, 3.8) is 0 Å². The predicted octanol–water partition coefficient (Wildman–Crippen LogP) is 1.57. The molecule has 0 radical (unpaired) electrons. The Labute approximate surface area is 101 Å². The van der Waals surface area contributed by atoms with Crippen LogP contribution >= 0.6 is 0 Å². The van der Waals surface area contributed by atoms with Crippen molar-refractivity contribution in [1.82, 2.24) is 0 Å². The van der Waals surface area contributed by atoms with Crippen LogP contribution in [0.15, 0.2) is 24.3 Å². The molecule has 1 aromatic rings. The third-order valence-corrected chi connectivity index (χ3v) is 2.80. The maximum absolute atomic E-state index is 12.0. The highest BCUT2D eigenvalue weighted by Crippen LogP contribution is 2.31. The summed E-state index contributed by atoms with van der Waals surface area (Å²) >= 11 is 0. The minimum atomic E-state index is -0.404. The van der Waals surface area contributed by atoms with Gasteiger partial charge in [0.1, 0.15) is 5.75 Å². The van der Waals surface area contributed by atoms with Crippen molar-refractivity contribution >= 4 is 11.6 Å². The number of anilines is 1. The molecule has 0 fully saturated rings. The van der Waals surface area contributed by atoms with Crippen LogP contribution in [0.5, 0.6) is 5.75 Å². The van der Waals surface area contributed by atoms with Crippen LogP contribution in [0.4, 0.5) is 5.69 Å². The number of nitrogens with zero attached hydrogens (tertiary/aromatic N) is 1. The molecule has 4 nitrogen and oxygen atoms in total. The maximum atomic E-state index is 12.0. The molecule has 1 unspecified atom stereocenters. The van der Waals surface area contributed by atoms with Gasteiger partial charge >= 0.3 is 0 Å². The first-order chi connectivity index (χ1) is 8.18. The fourth-order valence-electron chi connectivity index (χ4n) is 1.88. The van der Waals surface area contributed by atoms with Gasteiger partial charge in [0.05, 0.1) is 24.8 Å². The van der Waals surface area contributed by atoms with Crippen molar-refractivity contribution in [2.45, 2.75) is 25.9 Å². The van der Waals surface area contributed by atoms with E-state index in [1.165, 1.54) is 0 Å². The van der Waals surface area contributed by atoms with Gasteiger partial charge < -0.3 is 14.7 Å². The minimum Gasteiger partial charge on any atom is -0.491 e. The molecule has 0 aromatic heterocycles. The van der Waals surface area contributed by atoms with Crippen molar-refractivity contribution in [2.75, 3.05) is 18.1 Å². The summed E-state index contributed by atoms with van der Waals surface area (Å²) in [6.07, 6.45) is 0.549. The quantitative estimate of drug-likeness (QED) is 0.865. The van der Waals surface area contributed by atoms with Gasteiger partial charge in [-0.3, -0.25) is 4.79 Å². The molecule has 0 saturated heterocycles. The molecule has 0 aliphatic carbocycles. The largest absolute Gasteiger partial charge is 0.491 e. The molecule has 4 heteroatoms. The van der Waals surface area contributed by atoms with Crippen LogP contribution in [0.1, 0.15) is 19.8 Å². The number of hydrogen-bond acceptors (Lipinski definition) is 3. The van der Waals surface area contributed by atoms with Crippen LogP contribution in [0.25, 0.3) is 0 Å². The molecule has 1 aliphatic rings. The van der Waals surface area contributed by atoms with Crippen LogP contribution in [-0.2, 0) is 4.79 Å². The monoisotopic (exact) mass is 235 g/mol. The van der Waals surface area contributed by atoms with E-state index < -0.39 is 6.10 Å². The molecule has 0 bridgehead atoms. The fraction of sp³-hybridized carbons (Fsp3) is 0.462. The average molecular weight is 235 g/mol. The van der Waals surface area contributed by atoms with Crippen LogP contribution in [0.3, 0.4) is 0 Å². The number of benzene rings is 1. The van der Waals surface area contributed by atoms with Gasteiger partial charge in [-0.2, -0.15) is 0 Å². The summed E-state index contributed by atoms with van der Waals surface area (Å²) in [5, 5.41) is 9.32. The average Bonchev–Trinajstić information content (AvgIpc) is 2.45. The van der Waals surface area contributed by atoms with E-state index in [0.717, 1.165) is 11.4 Å². The summed E-state index contributed by atoms with van der Waals surface area (Å²) in [5.74, 6) is 0.791. The van der Waals surface area contributed by atoms with E-state index in [1.807, 2.05) is 24.3 Å². The molecule has 2 rings (SSSR count). The lowest BCUT2D eigenvalue weighted by Gasteiger charge is -2.22. The van der Waals surface area contributed by atoms with E-state index in [2.05, 4.69) is 0 Å². The Morgan fingerprint density at radius 1 is 1.47 bits per heavy atom. The highest BCUT2D eigenvalue weighted by Gasteiger charge is 2.22. The molecule has 92 valence electrons. The summed E-state index contributed by atoms with van der Waals surface area (Å²) in [7, 11) is 0. The number of carbonyl (C=O) groups is 1. The summed E-state index contributed by atoms with van der Waals surface area (Å²) in [6.45, 7) is 2.67. The Bertz CT molecular complexity index is 403. The smallest absolute Gasteiger partial charge is 0.230 e. The second-order valence-corrected chi connectivity index (χ2v) is 4.25. The van der Waals surface area contributed by atoms with Gasteiger partial charge in [0.2, 0.25) is 5.91 Å². The molecule has 1 aliphatic heterocycles. The van der Waals surface area contributed by atoms with Gasteiger partial charge in [-0.25, -0.2) is 0 Å². The fourth-order valence-corrected chi connectivity index (χ4v) is 1.88. The van der Waals surface area contributed by atoms with Gasteiger partial charge in [0.25, 0.3) is 0 Å². The first kappa shape index (κ1) is 11.9. The number of carbonyl (C=O) groups excluding carboxylic acids is 1. The van der Waals surface area contributed by atoms with E-state index in [9.17, 15) is 9.90 Å². The minimum absolute atomic E-state index is 0.0515. The Kier molecular flexibility index (Phi) is 3.64. The Morgan fingerprint density at radius 3 is 3.00 bits per heavy atom. The van der Waals surface area contributed by atoms with E-state index in [1.54, 1.807) is 11.8 Å². The number of aliphatic hydroxyl groups excluding tert-OH is 1. The van der Waals surface area contributed by atoms with E-state index in [-0.39, 0.29) is 5.91 Å². The number of amides is 1. The lowest BCUT2D eigenvalue weighted by Crippen LogP contribution is -2.32. The van der Waals surface area contributed by atoms with Crippen molar-refractivity contribution in [2.24, 2.45) is 0 Å². The SMILES string of the molecule is CC(O)CCN1C(=O)CCOc2ccccc21. The number of fused-ring (bicyclic) bond motifs is 1. The predicted molar refractivity (Wildman–Crippen MR) is 65.2 cm³/mol. The molecular weight excluding hydrogens is 218 g/mol. The molecule has 1 amide bonds. The maximum Gasteiger partial charge on any atom is 0.230 e. The Hall–Kier alpha value is -1.55. The van der Waals surface area contributed by atoms with Crippen molar-refractivity contribution in [3.05, 3.63) is 24.3 Å². The molecule has 1 atom stereocenters. The van der Waals surface area contributed by atoms with Crippen LogP contribution in [0, 0.1) is 0 Å². The lowest BCUT2D eigenvalue weighted by atomic mass is 10.2. The number of rotatable bonds is 3. The second-order valence-electron chi connectivity index (χ2n) is 4.25. The van der Waals surface area contributed by atoms with Crippen LogP contribution in [0.2, 0.25) is 0 Å². The number of hydrogen-bond donors (Lipinski definition) is 1. The van der Waals surface area contributed by atoms with Crippen molar-refractivity contribution < 1.29 is 14.6 Å². The summed E-state index contributed by atoms with van der Waals surface area (Å²) < 4.78 is 5.53. The number of aliphatic hydroxyl groups is 1. The first-order valence-electron chi connectivity index (χ1n) is 5.89. The highest BCUT2D eigenvalue weighted by atomic mass is 16.5. The zero-order valence-electron chi connectivity index (χ0n) is 9.93. The first-order valence-corrected chi connectivity index (χ1v) is 5.89. The van der Waals surface area contributed by atoms with Gasteiger partial charge in [-0.15, -0.1) is 0 Å². The summed E-state index contributed by atoms with van der Waals surface area (Å²) in [6, 6.07) is 7.52. The number of para-hydroxylation sites is 2. The van der Waals surface area contributed by atoms with Crippen LogP contribution < -0.4 is 9.64 Å². The highest BCUT2D eigenvalue weighted by molar-refractivity contribution is 5.95. The molecule has 1 N–H and O–H groups in total. The van der Waals surface area contributed by atoms with E-state index in [4.69, 9.17) is 4.74 Å². The van der Waals surface area contributed by atoms with Gasteiger partial charge in [0, 0.05) is 6.54 Å². The Morgan fingerprint density at radius 2 is 2.24 bits per heavy atom. The third-order valence-electron chi connectivity index (χ3n) is 2.80. The summed E-state index contributed by atoms with van der Waals surface area (Å²) in [4.78, 5) is 13.7. The van der Waals surface area contributed by atoms with Gasteiger partial charge in [0.15, 0.2) is 0 Å². The Balaban J connectivity index is 2.24.